The van der Waals surface area contributed by atoms with Crippen LogP contribution in [0.15, 0.2) is 89.4 Å². The van der Waals surface area contributed by atoms with E-state index in [-0.39, 0.29) is 29.9 Å². The van der Waals surface area contributed by atoms with Crippen molar-refractivity contribution in [1.82, 2.24) is 15.1 Å². The van der Waals surface area contributed by atoms with Crippen molar-refractivity contribution in [3.05, 3.63) is 112 Å². The zero-order valence-electron chi connectivity index (χ0n) is 28.8. The van der Waals surface area contributed by atoms with Crippen LogP contribution in [-0.4, -0.2) is 58.3 Å². The predicted octanol–water partition coefficient (Wildman–Crippen LogP) is 8.79. The Morgan fingerprint density at radius 3 is 2.44 bits per heavy atom. The average molecular weight is 779 g/mol. The fraction of sp³-hybridized carbons (Fsp3) is 0.310. The Morgan fingerprint density at radius 2 is 1.67 bits per heavy atom. The van der Waals surface area contributed by atoms with Crippen molar-refractivity contribution in [3.63, 3.8) is 0 Å². The van der Waals surface area contributed by atoms with Gasteiger partial charge in [0.05, 0.1) is 4.88 Å². The number of likely N-dealkylation sites (tertiary alicyclic amines) is 1. The molecule has 0 saturated carbocycles. The van der Waals surface area contributed by atoms with E-state index in [1.54, 1.807) is 28.4 Å². The number of imide groups is 1. The first-order valence-corrected chi connectivity index (χ1v) is 19.7. The number of fused-ring (bicyclic) bond motifs is 2. The van der Waals surface area contributed by atoms with Gasteiger partial charge >= 0.3 is 0 Å². The van der Waals surface area contributed by atoms with Crippen LogP contribution in [0.25, 0.3) is 20.5 Å². The van der Waals surface area contributed by atoms with E-state index in [2.05, 4.69) is 68.6 Å². The number of phenolic OH excluding ortho intramolecular Hbond substituents is 1. The highest BCUT2D eigenvalue weighted by Gasteiger charge is 2.39. The molecule has 10 heteroatoms. The van der Waals surface area contributed by atoms with Gasteiger partial charge in [0.15, 0.2) is 5.75 Å². The van der Waals surface area contributed by atoms with Crippen LogP contribution in [0.2, 0.25) is 0 Å². The van der Waals surface area contributed by atoms with Crippen LogP contribution in [0.4, 0.5) is 0 Å². The largest absolute Gasteiger partial charge is 0.508 e. The third kappa shape index (κ3) is 7.24. The second kappa shape index (κ2) is 14.8. The number of ether oxygens (including phenoxy) is 1. The number of hydrogen-bond acceptors (Lipinski definition) is 7. The number of rotatable bonds is 10. The monoisotopic (exact) mass is 777 g/mol. The number of carbonyl (C=O) groups excluding carboxylic acids is 3. The average Bonchev–Trinajstić information content (AvgIpc) is 3.67. The van der Waals surface area contributed by atoms with Crippen molar-refractivity contribution >= 4 is 55.1 Å². The molecule has 1 aromatic heterocycles. The second-order valence-electron chi connectivity index (χ2n) is 14.1. The van der Waals surface area contributed by atoms with Crippen LogP contribution in [0.5, 0.6) is 17.2 Å². The van der Waals surface area contributed by atoms with Gasteiger partial charge in [-0.2, -0.15) is 0 Å². The number of aromatic hydroxyl groups is 1. The zero-order chi connectivity index (χ0) is 35.8. The van der Waals surface area contributed by atoms with Gasteiger partial charge in [0, 0.05) is 33.1 Å². The standard InChI is InChI=1S/C42H40BrN3O5S/c43-31-9-5-29(6-10-31)40-39(35-15-11-32(47)24-37(35)52-40)51-33-12-7-27(8-13-33)28-18-21-45(22-19-28)20-2-1-3-26-4-14-34-30(23-26)25-46(42(34)50)36-16-17-38(48)44-41(36)49/h4-15,23-24,28,36,47H,1-3,16-22,25H2,(H,44,48,49). The van der Waals surface area contributed by atoms with Crippen molar-refractivity contribution < 1.29 is 24.2 Å². The third-order valence-corrected chi connectivity index (χ3v) is 12.4. The highest BCUT2D eigenvalue weighted by Crippen LogP contribution is 2.47. The summed E-state index contributed by atoms with van der Waals surface area (Å²) in [4.78, 5) is 42.2. The van der Waals surface area contributed by atoms with E-state index < -0.39 is 6.04 Å². The minimum atomic E-state index is -0.578. The van der Waals surface area contributed by atoms with Gasteiger partial charge in [-0.3, -0.25) is 19.7 Å². The van der Waals surface area contributed by atoms with Gasteiger partial charge in [-0.25, -0.2) is 0 Å². The van der Waals surface area contributed by atoms with E-state index in [0.717, 1.165) is 93.8 Å². The van der Waals surface area contributed by atoms with E-state index in [0.29, 0.717) is 24.4 Å². The first-order chi connectivity index (χ1) is 25.3. The molecular formula is C42H40BrN3O5S. The highest BCUT2D eigenvalue weighted by molar-refractivity contribution is 9.10. The number of hydrogen-bond donors (Lipinski definition) is 2. The smallest absolute Gasteiger partial charge is 0.255 e. The molecule has 0 spiro atoms. The summed E-state index contributed by atoms with van der Waals surface area (Å²) in [7, 11) is 0. The SMILES string of the molecule is O=C1CCC(N2Cc3cc(CCCCN4CCC(c5ccc(Oc6c(-c7ccc(Br)cc7)sc7cc(O)ccc67)cc5)CC4)ccc3C2=O)C(=O)N1. The molecule has 8 nitrogen and oxygen atoms in total. The first kappa shape index (κ1) is 34.6. The number of amides is 3. The van der Waals surface area contributed by atoms with E-state index in [1.807, 2.05) is 30.3 Å². The van der Waals surface area contributed by atoms with Crippen LogP contribution in [0.3, 0.4) is 0 Å². The number of phenols is 1. The number of halogens is 1. The molecule has 4 heterocycles. The minimum Gasteiger partial charge on any atom is -0.508 e. The molecule has 266 valence electrons. The van der Waals surface area contributed by atoms with E-state index in [1.165, 1.54) is 11.1 Å². The molecule has 1 atom stereocenters. The lowest BCUT2D eigenvalue weighted by Gasteiger charge is -2.32. The van der Waals surface area contributed by atoms with Crippen molar-refractivity contribution in [3.8, 4) is 27.7 Å². The number of thiophene rings is 1. The molecule has 5 aromatic rings. The summed E-state index contributed by atoms with van der Waals surface area (Å²) in [6.45, 7) is 3.68. The molecule has 2 N–H and O–H groups in total. The van der Waals surface area contributed by atoms with Gasteiger partial charge in [-0.15, -0.1) is 11.3 Å². The van der Waals surface area contributed by atoms with Crippen molar-refractivity contribution in [2.24, 2.45) is 0 Å². The maximum Gasteiger partial charge on any atom is 0.255 e. The third-order valence-electron chi connectivity index (χ3n) is 10.7. The van der Waals surface area contributed by atoms with Gasteiger partial charge in [-0.1, -0.05) is 52.3 Å². The Bertz CT molecular complexity index is 2140. The molecule has 8 rings (SSSR count). The summed E-state index contributed by atoms with van der Waals surface area (Å²) in [5.41, 5.74) is 5.29. The summed E-state index contributed by atoms with van der Waals surface area (Å²) in [6.07, 6.45) is 6.07. The topological polar surface area (TPSA) is 99.2 Å². The normalized spacial score (nSPS) is 18.2. The summed E-state index contributed by atoms with van der Waals surface area (Å²) in [5.74, 6) is 1.62. The second-order valence-corrected chi connectivity index (χ2v) is 16.1. The lowest BCUT2D eigenvalue weighted by molar-refractivity contribution is -0.136. The van der Waals surface area contributed by atoms with Gasteiger partial charge in [0.25, 0.3) is 5.91 Å². The van der Waals surface area contributed by atoms with Gasteiger partial charge in [0.2, 0.25) is 11.8 Å². The summed E-state index contributed by atoms with van der Waals surface area (Å²) < 4.78 is 8.57. The highest BCUT2D eigenvalue weighted by atomic mass is 79.9. The molecule has 0 radical (unpaired) electrons. The van der Waals surface area contributed by atoms with Crippen LogP contribution in [-0.2, 0) is 22.6 Å². The first-order valence-electron chi connectivity index (χ1n) is 18.1. The Morgan fingerprint density at radius 1 is 0.885 bits per heavy atom. The van der Waals surface area contributed by atoms with E-state index >= 15 is 0 Å². The Labute approximate surface area is 315 Å². The maximum atomic E-state index is 13.0. The lowest BCUT2D eigenvalue weighted by atomic mass is 9.89. The molecule has 52 heavy (non-hydrogen) atoms. The quantitative estimate of drug-likeness (QED) is 0.109. The molecule has 3 amide bonds. The number of unbranched alkanes of at least 4 members (excludes halogenated alkanes) is 1. The fourth-order valence-corrected chi connectivity index (χ4v) is 9.25. The van der Waals surface area contributed by atoms with Crippen molar-refractivity contribution in [2.45, 2.75) is 63.5 Å². The molecule has 4 aromatic carbocycles. The molecule has 3 aliphatic heterocycles. The molecular weight excluding hydrogens is 738 g/mol. The molecule has 3 aliphatic rings. The number of aryl methyl sites for hydroxylation is 1. The van der Waals surface area contributed by atoms with E-state index in [9.17, 15) is 19.5 Å². The van der Waals surface area contributed by atoms with E-state index in [4.69, 9.17) is 4.74 Å². The molecule has 2 fully saturated rings. The Balaban J connectivity index is 0.817. The van der Waals surface area contributed by atoms with Crippen molar-refractivity contribution in [2.75, 3.05) is 19.6 Å². The number of nitrogens with one attached hydrogen (secondary N) is 1. The molecule has 0 aliphatic carbocycles. The molecule has 0 bridgehead atoms. The Hall–Kier alpha value is -4.51. The maximum absolute atomic E-state index is 13.0. The Kier molecular flexibility index (Phi) is 9.87. The molecule has 1 unspecified atom stereocenters. The lowest BCUT2D eigenvalue weighted by Crippen LogP contribution is -2.52. The summed E-state index contributed by atoms with van der Waals surface area (Å²) in [6, 6.07) is 27.7. The zero-order valence-corrected chi connectivity index (χ0v) is 31.2. The number of nitrogens with zero attached hydrogens (tertiary/aromatic N) is 2. The van der Waals surface area contributed by atoms with Crippen LogP contribution >= 0.6 is 27.3 Å². The van der Waals surface area contributed by atoms with Crippen LogP contribution in [0, 0.1) is 0 Å². The number of carbonyl (C=O) groups is 3. The fourth-order valence-electron chi connectivity index (χ4n) is 7.82. The van der Waals surface area contributed by atoms with Crippen molar-refractivity contribution in [1.29, 1.82) is 0 Å². The minimum absolute atomic E-state index is 0.121. The van der Waals surface area contributed by atoms with Gasteiger partial charge < -0.3 is 19.6 Å². The van der Waals surface area contributed by atoms with Crippen LogP contribution in [0.1, 0.15) is 71.5 Å². The van der Waals surface area contributed by atoms with Crippen LogP contribution < -0.4 is 10.1 Å². The predicted molar refractivity (Wildman–Crippen MR) is 207 cm³/mol. The summed E-state index contributed by atoms with van der Waals surface area (Å²) in [5, 5.41) is 13.5. The van der Waals surface area contributed by atoms with Gasteiger partial charge in [-0.05, 0) is 135 Å². The van der Waals surface area contributed by atoms with Gasteiger partial charge in [0.1, 0.15) is 17.5 Å². The molecule has 2 saturated heterocycles. The number of piperidine rings is 2. The summed E-state index contributed by atoms with van der Waals surface area (Å²) >= 11 is 5.15. The number of benzene rings is 4.